The van der Waals surface area contributed by atoms with Gasteiger partial charge in [0.25, 0.3) is 5.91 Å². The molecule has 1 aromatic heterocycles. The summed E-state index contributed by atoms with van der Waals surface area (Å²) in [5, 5.41) is 2.50. The molecule has 1 amide bonds. The molecule has 134 valence electrons. The summed E-state index contributed by atoms with van der Waals surface area (Å²) < 4.78 is 48.8. The number of benzene rings is 1. The fraction of sp³-hybridized carbons (Fsp3) is 0.375. The van der Waals surface area contributed by atoms with Crippen molar-refractivity contribution in [3.63, 3.8) is 0 Å². The summed E-state index contributed by atoms with van der Waals surface area (Å²) in [6.07, 6.45) is -5.49. The molecule has 2 aromatic rings. The highest BCUT2D eigenvalue weighted by Gasteiger charge is 2.51. The molecule has 6 nitrogen and oxygen atoms in total. The fourth-order valence-corrected chi connectivity index (χ4v) is 2.54. The van der Waals surface area contributed by atoms with E-state index in [-0.39, 0.29) is 13.2 Å². The largest absolute Gasteiger partial charge is 0.417 e. The Balaban J connectivity index is 1.81. The summed E-state index contributed by atoms with van der Waals surface area (Å²) in [6, 6.07) is 5.17. The van der Waals surface area contributed by atoms with Gasteiger partial charge >= 0.3 is 6.18 Å². The lowest BCUT2D eigenvalue weighted by Gasteiger charge is -2.32. The van der Waals surface area contributed by atoms with Crippen molar-refractivity contribution < 1.29 is 27.4 Å². The number of aromatic nitrogens is 2. The van der Waals surface area contributed by atoms with Gasteiger partial charge in [-0.1, -0.05) is 12.1 Å². The SMILES string of the molecule is Cc1ccc(-c2ncc[nH]2)cc1NC(=O)[C@@H]1OCCO[C@@H]1C(F)(F)F. The van der Waals surface area contributed by atoms with E-state index in [2.05, 4.69) is 15.3 Å². The van der Waals surface area contributed by atoms with Crippen LogP contribution >= 0.6 is 0 Å². The first-order valence-electron chi connectivity index (χ1n) is 7.57. The van der Waals surface area contributed by atoms with E-state index >= 15 is 0 Å². The summed E-state index contributed by atoms with van der Waals surface area (Å²) >= 11 is 0. The van der Waals surface area contributed by atoms with Gasteiger partial charge in [0, 0.05) is 23.6 Å². The Bertz CT molecular complexity index is 747. The highest BCUT2D eigenvalue weighted by atomic mass is 19.4. The Kier molecular flexibility index (Phi) is 4.78. The molecule has 2 N–H and O–H groups in total. The van der Waals surface area contributed by atoms with Crippen LogP contribution in [0, 0.1) is 6.92 Å². The third-order valence-electron chi connectivity index (χ3n) is 3.80. The number of imidazole rings is 1. The number of ether oxygens (including phenoxy) is 2. The molecule has 0 saturated carbocycles. The maximum atomic E-state index is 13.0. The Hall–Kier alpha value is -2.39. The normalized spacial score (nSPS) is 21.1. The molecule has 2 heterocycles. The van der Waals surface area contributed by atoms with Crippen molar-refractivity contribution in [1.29, 1.82) is 0 Å². The maximum Gasteiger partial charge on any atom is 0.417 e. The van der Waals surface area contributed by atoms with Crippen molar-refractivity contribution in [3.8, 4) is 11.4 Å². The second kappa shape index (κ2) is 6.85. The number of rotatable bonds is 3. The van der Waals surface area contributed by atoms with Gasteiger partial charge in [-0.3, -0.25) is 4.79 Å². The molecule has 9 heteroatoms. The van der Waals surface area contributed by atoms with Gasteiger partial charge < -0.3 is 19.8 Å². The first-order chi connectivity index (χ1) is 11.9. The minimum Gasteiger partial charge on any atom is -0.363 e. The van der Waals surface area contributed by atoms with Crippen molar-refractivity contribution >= 4 is 11.6 Å². The van der Waals surface area contributed by atoms with Gasteiger partial charge in [-0.05, 0) is 18.6 Å². The number of nitrogens with one attached hydrogen (secondary N) is 2. The van der Waals surface area contributed by atoms with Gasteiger partial charge in [0.1, 0.15) is 5.82 Å². The number of nitrogens with zero attached hydrogens (tertiary/aromatic N) is 1. The van der Waals surface area contributed by atoms with Crippen LogP contribution in [-0.2, 0) is 14.3 Å². The van der Waals surface area contributed by atoms with Crippen LogP contribution in [0.1, 0.15) is 5.56 Å². The summed E-state index contributed by atoms with van der Waals surface area (Å²) in [7, 11) is 0. The zero-order chi connectivity index (χ0) is 18.0. The van der Waals surface area contributed by atoms with Crippen molar-refractivity contribution in [2.24, 2.45) is 0 Å². The van der Waals surface area contributed by atoms with Crippen molar-refractivity contribution in [1.82, 2.24) is 9.97 Å². The topological polar surface area (TPSA) is 76.2 Å². The number of aryl methyl sites for hydroxylation is 1. The van der Waals surface area contributed by atoms with Crippen LogP contribution in [0.2, 0.25) is 0 Å². The van der Waals surface area contributed by atoms with Crippen molar-refractivity contribution in [2.45, 2.75) is 25.3 Å². The summed E-state index contributed by atoms with van der Waals surface area (Å²) in [4.78, 5) is 19.4. The lowest BCUT2D eigenvalue weighted by atomic mass is 10.1. The number of anilines is 1. The molecule has 1 saturated heterocycles. The summed E-state index contributed by atoms with van der Waals surface area (Å²) in [5.41, 5.74) is 1.78. The van der Waals surface area contributed by atoms with Crippen molar-refractivity contribution in [3.05, 3.63) is 36.2 Å². The predicted molar refractivity (Wildman–Crippen MR) is 82.9 cm³/mol. The number of halogens is 3. The number of H-pyrrole nitrogens is 1. The molecule has 1 fully saturated rings. The van der Waals surface area contributed by atoms with E-state index in [0.29, 0.717) is 22.6 Å². The van der Waals surface area contributed by atoms with E-state index in [1.54, 1.807) is 37.5 Å². The van der Waals surface area contributed by atoms with Crippen LogP contribution < -0.4 is 5.32 Å². The highest BCUT2D eigenvalue weighted by molar-refractivity contribution is 5.96. The second-order valence-corrected chi connectivity index (χ2v) is 5.58. The van der Waals surface area contributed by atoms with E-state index in [1.807, 2.05) is 0 Å². The van der Waals surface area contributed by atoms with Gasteiger partial charge in [0.15, 0.2) is 12.2 Å². The maximum absolute atomic E-state index is 13.0. The molecule has 1 aliphatic rings. The lowest BCUT2D eigenvalue weighted by molar-refractivity contribution is -0.271. The van der Waals surface area contributed by atoms with Gasteiger partial charge in [-0.15, -0.1) is 0 Å². The molecular formula is C16H16F3N3O3. The van der Waals surface area contributed by atoms with Gasteiger partial charge in [-0.25, -0.2) is 4.98 Å². The van der Waals surface area contributed by atoms with E-state index in [4.69, 9.17) is 9.47 Å². The quantitative estimate of drug-likeness (QED) is 0.888. The zero-order valence-electron chi connectivity index (χ0n) is 13.3. The number of alkyl halides is 3. The second-order valence-electron chi connectivity index (χ2n) is 5.58. The van der Waals surface area contributed by atoms with E-state index < -0.39 is 24.3 Å². The van der Waals surface area contributed by atoms with Gasteiger partial charge in [0.05, 0.1) is 13.2 Å². The minimum atomic E-state index is -4.69. The first kappa shape index (κ1) is 17.4. The Morgan fingerprint density at radius 2 is 2.08 bits per heavy atom. The lowest BCUT2D eigenvalue weighted by Crippen LogP contribution is -2.53. The monoisotopic (exact) mass is 355 g/mol. The molecule has 2 atom stereocenters. The molecule has 0 radical (unpaired) electrons. The third kappa shape index (κ3) is 3.83. The molecule has 0 bridgehead atoms. The number of carbonyl (C=O) groups excluding carboxylic acids is 1. The number of hydrogen-bond donors (Lipinski definition) is 2. The molecule has 1 aromatic carbocycles. The number of hydrogen-bond acceptors (Lipinski definition) is 4. The van der Waals surface area contributed by atoms with E-state index in [9.17, 15) is 18.0 Å². The predicted octanol–water partition coefficient (Wildman–Crippen LogP) is 2.67. The zero-order valence-corrected chi connectivity index (χ0v) is 13.3. The van der Waals surface area contributed by atoms with Crippen LogP contribution in [0.25, 0.3) is 11.4 Å². The van der Waals surface area contributed by atoms with Gasteiger partial charge in [0.2, 0.25) is 0 Å². The highest BCUT2D eigenvalue weighted by Crippen LogP contribution is 2.30. The Labute approximate surface area is 141 Å². The molecule has 0 spiro atoms. The number of aromatic amines is 1. The van der Waals surface area contributed by atoms with E-state index in [1.165, 1.54) is 0 Å². The number of amides is 1. The van der Waals surface area contributed by atoms with Crippen LogP contribution in [0.4, 0.5) is 18.9 Å². The standard InChI is InChI=1S/C16H16F3N3O3/c1-9-2-3-10(14-20-4-5-21-14)8-11(9)22-15(23)12-13(16(17,18)19)25-7-6-24-12/h2-5,8,12-13H,6-7H2,1H3,(H,20,21)(H,22,23)/t12-,13+/m1/s1. The van der Waals surface area contributed by atoms with Crippen molar-refractivity contribution in [2.75, 3.05) is 18.5 Å². The van der Waals surface area contributed by atoms with E-state index in [0.717, 1.165) is 0 Å². The third-order valence-corrected chi connectivity index (χ3v) is 3.80. The smallest absolute Gasteiger partial charge is 0.363 e. The average Bonchev–Trinajstić information content (AvgIpc) is 3.10. The van der Waals surface area contributed by atoms with Crippen LogP contribution in [0.5, 0.6) is 0 Å². The first-order valence-corrected chi connectivity index (χ1v) is 7.57. The Morgan fingerprint density at radius 1 is 1.32 bits per heavy atom. The van der Waals surface area contributed by atoms with Crippen LogP contribution in [0.15, 0.2) is 30.6 Å². The number of carbonyl (C=O) groups is 1. The van der Waals surface area contributed by atoms with Crippen LogP contribution in [-0.4, -0.2) is 47.5 Å². The molecule has 0 aliphatic carbocycles. The molecule has 1 aliphatic heterocycles. The molecular weight excluding hydrogens is 339 g/mol. The minimum absolute atomic E-state index is 0.0733. The summed E-state index contributed by atoms with van der Waals surface area (Å²) in [5.74, 6) is -0.317. The van der Waals surface area contributed by atoms with Gasteiger partial charge in [-0.2, -0.15) is 13.2 Å². The summed E-state index contributed by atoms with van der Waals surface area (Å²) in [6.45, 7) is 1.46. The molecule has 0 unspecified atom stereocenters. The average molecular weight is 355 g/mol. The Morgan fingerprint density at radius 3 is 2.76 bits per heavy atom. The molecule has 25 heavy (non-hydrogen) atoms. The molecule has 3 rings (SSSR count). The fourth-order valence-electron chi connectivity index (χ4n) is 2.54. The van der Waals surface area contributed by atoms with Crippen LogP contribution in [0.3, 0.4) is 0 Å².